The largest absolute Gasteiger partial charge is 0.394 e. The van der Waals surface area contributed by atoms with Crippen molar-refractivity contribution in [2.75, 3.05) is 26.4 Å². The fourth-order valence-corrected chi connectivity index (χ4v) is 11.8. The highest BCUT2D eigenvalue weighted by Gasteiger charge is 2.47. The number of aryl methyl sites for hydroxylation is 2. The lowest BCUT2D eigenvalue weighted by Crippen LogP contribution is -2.56. The highest BCUT2D eigenvalue weighted by atomic mass is 16.6. The number of unbranched alkanes of at least 4 members (excludes halogenated alkanes) is 9. The van der Waals surface area contributed by atoms with E-state index in [-0.39, 0.29) is 74.7 Å². The second kappa shape index (κ2) is 31.0. The van der Waals surface area contributed by atoms with Gasteiger partial charge in [-0.3, -0.25) is 27.9 Å². The zero-order valence-corrected chi connectivity index (χ0v) is 51.0. The summed E-state index contributed by atoms with van der Waals surface area (Å²) in [4.78, 5) is 53.9. The van der Waals surface area contributed by atoms with Crippen molar-refractivity contribution in [3.05, 3.63) is 113 Å². The van der Waals surface area contributed by atoms with Crippen LogP contribution in [0.25, 0.3) is 0 Å². The quantitative estimate of drug-likeness (QED) is 0.0184. The molecule has 0 aromatic carbocycles. The van der Waals surface area contributed by atoms with Gasteiger partial charge in [0, 0.05) is 49.6 Å². The van der Waals surface area contributed by atoms with Crippen LogP contribution in [0.15, 0.2) is 56.4 Å². The van der Waals surface area contributed by atoms with E-state index in [9.17, 15) is 70.2 Å². The van der Waals surface area contributed by atoms with Crippen LogP contribution < -0.4 is 22.5 Å². The van der Waals surface area contributed by atoms with E-state index >= 15 is 0 Å². The summed E-state index contributed by atoms with van der Waals surface area (Å²) in [6, 6.07) is 0. The third-order valence-corrected chi connectivity index (χ3v) is 17.0. The second-order valence-electron chi connectivity index (χ2n) is 24.0. The van der Waals surface area contributed by atoms with Crippen molar-refractivity contribution >= 4 is 0 Å². The summed E-state index contributed by atoms with van der Waals surface area (Å²) in [7, 11) is 0. The van der Waals surface area contributed by atoms with Crippen molar-refractivity contribution in [2.24, 2.45) is 0 Å². The Labute approximate surface area is 523 Å². The van der Waals surface area contributed by atoms with Crippen LogP contribution in [-0.4, -0.2) is 229 Å². The lowest BCUT2D eigenvalue weighted by atomic mass is 9.98. The van der Waals surface area contributed by atoms with E-state index in [4.69, 9.17) is 28.4 Å². The molecule has 506 valence electrons. The molecule has 0 bridgehead atoms. The molecule has 4 saturated heterocycles. The molecule has 10 N–H and O–H groups in total. The molecule has 36 nitrogen and oxygen atoms in total. The van der Waals surface area contributed by atoms with E-state index in [0.29, 0.717) is 24.6 Å². The maximum Gasteiger partial charge on any atom is 0.333 e. The van der Waals surface area contributed by atoms with Crippen LogP contribution in [0.5, 0.6) is 0 Å². The molecule has 36 heteroatoms. The minimum atomic E-state index is -1.65. The fourth-order valence-electron chi connectivity index (χ4n) is 11.8. The van der Waals surface area contributed by atoms with E-state index in [2.05, 4.69) is 41.2 Å². The predicted octanol–water partition coefficient (Wildman–Crippen LogP) is -4.31. The van der Waals surface area contributed by atoms with Crippen LogP contribution in [0.3, 0.4) is 0 Å². The Balaban J connectivity index is 0.557. The van der Waals surface area contributed by atoms with Crippen LogP contribution in [0.4, 0.5) is 0 Å². The molecule has 16 atom stereocenters. The Hall–Kier alpha value is -6.72. The van der Waals surface area contributed by atoms with Gasteiger partial charge in [0.1, 0.15) is 96.3 Å². The average molecular weight is 1300 g/mol. The van der Waals surface area contributed by atoms with E-state index < -0.39 is 134 Å². The van der Waals surface area contributed by atoms with Gasteiger partial charge in [0.15, 0.2) is 12.5 Å². The molecule has 0 spiro atoms. The Morgan fingerprint density at radius 2 is 0.815 bits per heavy atom. The number of nitrogens with zero attached hydrogens (tertiary/aromatic N) is 16. The number of aliphatic hydroxyl groups is 10. The van der Waals surface area contributed by atoms with Gasteiger partial charge in [0.25, 0.3) is 11.1 Å². The monoisotopic (exact) mass is 1300 g/mol. The Kier molecular flexibility index (Phi) is 23.0. The highest BCUT2D eigenvalue weighted by Crippen LogP contribution is 2.32. The number of hydrogen-bond donors (Lipinski definition) is 10. The van der Waals surface area contributed by atoms with Gasteiger partial charge < -0.3 is 79.5 Å². The van der Waals surface area contributed by atoms with Crippen molar-refractivity contribution in [1.29, 1.82) is 0 Å². The molecule has 6 aromatic heterocycles. The maximum absolute atomic E-state index is 13.7. The zero-order chi connectivity index (χ0) is 65.3. The van der Waals surface area contributed by atoms with Gasteiger partial charge in [-0.25, -0.2) is 28.3 Å². The summed E-state index contributed by atoms with van der Waals surface area (Å²) < 4.78 is 44.7. The standard InChI is InChI=1S/C56H82N16O20/c1-31-17-67(55(85)69(51(31)83)21-33-23-71(63-57-33)53-49(81)47(79)45(77)41(27-73)91-53)43-15-37(75)39(89-43)25-65-19-35(59-61-65)29-87-13-11-9-7-5-3-4-6-8-10-12-14-88-30-36-20-66(62-60-36)26-40-38(76)16-44(90-40)68-18-32(2)52(84)70(56(68)86)22-34-24-72(64-58-34)54-50(82)48(80)46(78)42(28-74)92-54/h17-20,23-24,37-50,53-54,73-82H,3-16,21-22,25-30H2,1-2H3/t37-,38-,39+,40+,41+,42+,43+,44+,45+,46+,47-,48-,49+,50+,53+,54+/m0/s1. The Morgan fingerprint density at radius 1 is 0.446 bits per heavy atom. The molecule has 0 amide bonds. The summed E-state index contributed by atoms with van der Waals surface area (Å²) in [5, 5.41) is 135. The lowest BCUT2D eigenvalue weighted by molar-refractivity contribution is -0.254. The third-order valence-electron chi connectivity index (χ3n) is 17.0. The molecular weight excluding hydrogens is 1220 g/mol. The first kappa shape index (κ1) is 68.1. The van der Waals surface area contributed by atoms with Crippen molar-refractivity contribution in [3.63, 3.8) is 0 Å². The average Bonchev–Trinajstić information content (AvgIpc) is 1.61. The molecule has 6 aromatic rings. The number of aliphatic hydroxyl groups excluding tert-OH is 10. The summed E-state index contributed by atoms with van der Waals surface area (Å²) in [5.74, 6) is 0. The SMILES string of the molecule is Cc1cn([C@H]2C[C@H](O)[C@@H](Cn3cc(COCCCCCCCCCCCCOCc4cn(C[C@H]5O[C@@H](n6cc(C)c(=O)n(Cc7cn([C@@H]8O[C@H](CO)[C@@H](O)[C@H](O)[C@H]8O)nn7)c6=O)C[C@@H]5O)nn4)nn3)O2)c(=O)n(Cc2cn([C@@H]3O[C@H](CO)[C@@H](O)[C@H](O)[C@H]3O)nn2)c1=O. The molecule has 4 aliphatic rings. The molecule has 4 fully saturated rings. The fraction of sp³-hybridized carbons (Fsp3) is 0.714. The molecule has 92 heavy (non-hydrogen) atoms. The zero-order valence-electron chi connectivity index (χ0n) is 51.0. The topological polar surface area (TPSA) is 469 Å². The summed E-state index contributed by atoms with van der Waals surface area (Å²) in [6.45, 7) is 3.08. The van der Waals surface area contributed by atoms with E-state index in [1.807, 2.05) is 0 Å². The summed E-state index contributed by atoms with van der Waals surface area (Å²) in [5.41, 5.74) is -0.714. The first-order valence-electron chi connectivity index (χ1n) is 31.0. The number of ether oxygens (including phenoxy) is 6. The van der Waals surface area contributed by atoms with Crippen LogP contribution in [-0.2, 0) is 67.8 Å². The van der Waals surface area contributed by atoms with E-state index in [1.54, 1.807) is 21.8 Å². The van der Waals surface area contributed by atoms with Crippen LogP contribution in [0.2, 0.25) is 0 Å². The smallest absolute Gasteiger partial charge is 0.333 e. The van der Waals surface area contributed by atoms with Gasteiger partial charge in [-0.1, -0.05) is 72.2 Å². The lowest BCUT2D eigenvalue weighted by Gasteiger charge is -2.39. The molecule has 0 aliphatic carbocycles. The summed E-state index contributed by atoms with van der Waals surface area (Å²) in [6.07, 6.45) is -0.358. The minimum Gasteiger partial charge on any atom is -0.394 e. The van der Waals surface area contributed by atoms with E-state index in [0.717, 1.165) is 82.7 Å². The van der Waals surface area contributed by atoms with Gasteiger partial charge in [0.05, 0.1) is 89.6 Å². The van der Waals surface area contributed by atoms with Gasteiger partial charge in [0.2, 0.25) is 0 Å². The molecule has 10 heterocycles. The van der Waals surface area contributed by atoms with Gasteiger partial charge >= 0.3 is 11.4 Å². The number of aromatic nitrogens is 16. The molecule has 0 unspecified atom stereocenters. The number of hydrogen-bond acceptors (Lipinski definition) is 28. The van der Waals surface area contributed by atoms with Gasteiger partial charge in [-0.2, -0.15) is 0 Å². The van der Waals surface area contributed by atoms with Crippen LogP contribution >= 0.6 is 0 Å². The second-order valence-corrected chi connectivity index (χ2v) is 24.0. The molecule has 4 aliphatic heterocycles. The van der Waals surface area contributed by atoms with Gasteiger partial charge in [-0.15, -0.1) is 20.4 Å². The highest BCUT2D eigenvalue weighted by molar-refractivity contribution is 5.09. The molecule has 0 radical (unpaired) electrons. The molecule has 0 saturated carbocycles. The predicted molar refractivity (Wildman–Crippen MR) is 310 cm³/mol. The molecule has 10 rings (SSSR count). The third kappa shape index (κ3) is 15.9. The summed E-state index contributed by atoms with van der Waals surface area (Å²) >= 11 is 0. The van der Waals surface area contributed by atoms with Crippen molar-refractivity contribution in [1.82, 2.24) is 78.2 Å². The first-order chi connectivity index (χ1) is 44.3. The Bertz CT molecular complexity index is 3370. The van der Waals surface area contributed by atoms with Gasteiger partial charge in [-0.05, 0) is 26.7 Å². The molecular formula is C56H82N16O20. The number of rotatable bonds is 31. The van der Waals surface area contributed by atoms with Crippen molar-refractivity contribution in [3.8, 4) is 0 Å². The van der Waals surface area contributed by atoms with Crippen molar-refractivity contribution < 1.29 is 79.5 Å². The first-order valence-corrected chi connectivity index (χ1v) is 31.0. The maximum atomic E-state index is 13.7. The van der Waals surface area contributed by atoms with Crippen LogP contribution in [0.1, 0.15) is 136 Å². The Morgan fingerprint density at radius 3 is 1.20 bits per heavy atom. The minimum absolute atomic E-state index is 0.0536. The van der Waals surface area contributed by atoms with Crippen molar-refractivity contribution in [2.45, 2.75) is 228 Å². The van der Waals surface area contributed by atoms with E-state index in [1.165, 1.54) is 47.8 Å². The normalized spacial score (nSPS) is 28.4. The van der Waals surface area contributed by atoms with Crippen LogP contribution in [0, 0.1) is 13.8 Å².